The van der Waals surface area contributed by atoms with E-state index in [-0.39, 0.29) is 18.3 Å². The molecule has 0 radical (unpaired) electrons. The van der Waals surface area contributed by atoms with E-state index < -0.39 is 0 Å². The minimum Gasteiger partial charge on any atom is -0.291 e. The van der Waals surface area contributed by atoms with Gasteiger partial charge in [0.05, 0.1) is 5.71 Å². The zero-order valence-corrected chi connectivity index (χ0v) is 16.9. The number of aliphatic imine (C=N–C) groups is 1. The van der Waals surface area contributed by atoms with Gasteiger partial charge in [-0.15, -0.1) is 0 Å². The second-order valence-electron chi connectivity index (χ2n) is 6.39. The lowest BCUT2D eigenvalue weighted by atomic mass is 9.99. The average Bonchev–Trinajstić information content (AvgIpc) is 3.49. The van der Waals surface area contributed by atoms with E-state index in [1.54, 1.807) is 12.1 Å². The van der Waals surface area contributed by atoms with Gasteiger partial charge in [0.25, 0.3) is 5.91 Å². The van der Waals surface area contributed by atoms with E-state index in [9.17, 15) is 4.79 Å². The maximum Gasteiger partial charge on any atom is 0.254 e. The van der Waals surface area contributed by atoms with Crippen molar-refractivity contribution in [2.45, 2.75) is 6.42 Å². The van der Waals surface area contributed by atoms with Gasteiger partial charge in [0.1, 0.15) is 12.7 Å². The Balaban J connectivity index is 1.74. The van der Waals surface area contributed by atoms with Crippen molar-refractivity contribution in [1.82, 2.24) is 30.4 Å². The Bertz CT molecular complexity index is 1200. The third kappa shape index (κ3) is 5.28. The normalized spacial score (nSPS) is 12.0. The molecule has 4 rings (SSSR count). The van der Waals surface area contributed by atoms with Gasteiger partial charge in [0, 0.05) is 17.0 Å². The van der Waals surface area contributed by atoms with Crippen LogP contribution < -0.4 is 5.32 Å². The third-order valence-electron chi connectivity index (χ3n) is 4.28. The minimum absolute atomic E-state index is 0.204. The van der Waals surface area contributed by atoms with Gasteiger partial charge in [-0.1, -0.05) is 60.1 Å². The molecule has 0 unspecified atom stereocenters. The number of carbonyl (C=O) groups is 1. The molecular formula is C21H17ClN8O. The van der Waals surface area contributed by atoms with E-state index >= 15 is 0 Å². The fourth-order valence-corrected chi connectivity index (χ4v) is 3.02. The highest BCUT2D eigenvalue weighted by Gasteiger charge is 2.17. The Hall–Kier alpha value is -4.11. The quantitative estimate of drug-likeness (QED) is 0.302. The van der Waals surface area contributed by atoms with Crippen LogP contribution in [0.4, 0.5) is 11.9 Å². The molecule has 1 amide bonds. The van der Waals surface area contributed by atoms with Gasteiger partial charge in [0.2, 0.25) is 11.9 Å². The first-order valence-electron chi connectivity index (χ1n) is 9.29. The second kappa shape index (κ2) is 9.59. The maximum atomic E-state index is 13.1. The molecule has 0 saturated carbocycles. The number of aromatic nitrogens is 6. The molecule has 0 saturated heterocycles. The fraction of sp³-hybridized carbons (Fsp3) is 0.0476. The first-order valence-corrected chi connectivity index (χ1v) is 9.67. The van der Waals surface area contributed by atoms with Crippen molar-refractivity contribution in [1.29, 1.82) is 0 Å². The summed E-state index contributed by atoms with van der Waals surface area (Å²) in [6.07, 6.45) is 4.62. The summed E-state index contributed by atoms with van der Waals surface area (Å²) in [7, 11) is 0. The van der Waals surface area contributed by atoms with Crippen LogP contribution >= 0.6 is 11.6 Å². The van der Waals surface area contributed by atoms with Gasteiger partial charge in [-0.2, -0.15) is 20.2 Å². The number of carbonyl (C=O) groups excluding carboxylic acids is 1. The van der Waals surface area contributed by atoms with Crippen LogP contribution in [0.2, 0.25) is 5.02 Å². The summed E-state index contributed by atoms with van der Waals surface area (Å²) in [5, 5.41) is 16.2. The van der Waals surface area contributed by atoms with Gasteiger partial charge in [-0.3, -0.25) is 10.1 Å². The first-order chi connectivity index (χ1) is 15.2. The van der Waals surface area contributed by atoms with Crippen LogP contribution in [0.3, 0.4) is 0 Å². The molecule has 2 aromatic carbocycles. The number of amides is 1. The van der Waals surface area contributed by atoms with Crippen LogP contribution in [-0.4, -0.2) is 42.0 Å². The Morgan fingerprint density at radius 1 is 1.00 bits per heavy atom. The monoisotopic (exact) mass is 432 g/mol. The highest BCUT2D eigenvalue weighted by molar-refractivity contribution is 6.32. The fourth-order valence-electron chi connectivity index (χ4n) is 2.83. The minimum atomic E-state index is -0.363. The number of rotatable bonds is 7. The molecule has 2 aromatic heterocycles. The van der Waals surface area contributed by atoms with Crippen molar-refractivity contribution >= 4 is 41.2 Å². The van der Waals surface area contributed by atoms with E-state index in [2.05, 4.69) is 40.7 Å². The molecule has 3 N–H and O–H groups in total. The maximum absolute atomic E-state index is 13.1. The van der Waals surface area contributed by atoms with Crippen molar-refractivity contribution in [3.8, 4) is 0 Å². The standard InChI is InChI=1S/C21H17ClN8O/c22-17-9-5-4-8-15(17)10-16(19(31)28-21-24-13-26-30-21)11-18(14-6-2-1-3-7-14)27-20-23-12-25-29-20/h1-10,12-13H,11H2,(H,23,25,29)(H2,24,26,28,30,31)/b16-10-,27-18+. The summed E-state index contributed by atoms with van der Waals surface area (Å²) >= 11 is 6.33. The van der Waals surface area contributed by atoms with Gasteiger partial charge in [0.15, 0.2) is 0 Å². The zero-order valence-electron chi connectivity index (χ0n) is 16.2. The van der Waals surface area contributed by atoms with Crippen LogP contribution in [0, 0.1) is 0 Å². The van der Waals surface area contributed by atoms with E-state index in [1.807, 2.05) is 48.5 Å². The molecular weight excluding hydrogens is 416 g/mol. The van der Waals surface area contributed by atoms with Crippen LogP contribution in [0.5, 0.6) is 0 Å². The number of hydrogen-bond donors (Lipinski definition) is 3. The summed E-state index contributed by atoms with van der Waals surface area (Å²) < 4.78 is 0. The molecule has 0 atom stereocenters. The second-order valence-corrected chi connectivity index (χ2v) is 6.80. The average molecular weight is 433 g/mol. The Labute approximate surface area is 182 Å². The van der Waals surface area contributed by atoms with Crippen molar-refractivity contribution in [2.24, 2.45) is 4.99 Å². The smallest absolute Gasteiger partial charge is 0.254 e. The molecule has 0 fully saturated rings. The molecule has 4 aromatic rings. The highest BCUT2D eigenvalue weighted by Crippen LogP contribution is 2.22. The predicted molar refractivity (Wildman–Crippen MR) is 118 cm³/mol. The summed E-state index contributed by atoms with van der Waals surface area (Å²) in [4.78, 5) is 25.7. The van der Waals surface area contributed by atoms with Gasteiger partial charge in [-0.25, -0.2) is 15.2 Å². The molecule has 154 valence electrons. The number of nitrogens with one attached hydrogen (secondary N) is 3. The summed E-state index contributed by atoms with van der Waals surface area (Å²) in [6, 6.07) is 16.8. The largest absolute Gasteiger partial charge is 0.291 e. The number of H-pyrrole nitrogens is 2. The highest BCUT2D eigenvalue weighted by atomic mass is 35.5. The SMILES string of the molecule is O=C(Nc1ncn[nH]1)/C(=C\c1ccccc1Cl)C/C(=N\c1ncn[nH]1)c1ccccc1. The summed E-state index contributed by atoms with van der Waals surface area (Å²) in [6.45, 7) is 0. The van der Waals surface area contributed by atoms with Crippen LogP contribution in [0.15, 0.2) is 77.8 Å². The van der Waals surface area contributed by atoms with Crippen LogP contribution in [0.1, 0.15) is 17.5 Å². The topological polar surface area (TPSA) is 125 Å². The molecule has 0 aliphatic rings. The van der Waals surface area contributed by atoms with Gasteiger partial charge >= 0.3 is 0 Å². The molecule has 10 heteroatoms. The van der Waals surface area contributed by atoms with Crippen molar-refractivity contribution < 1.29 is 4.79 Å². The number of nitrogens with zero attached hydrogens (tertiary/aromatic N) is 5. The summed E-state index contributed by atoms with van der Waals surface area (Å²) in [5.41, 5.74) is 2.60. The number of hydrogen-bond acceptors (Lipinski definition) is 6. The number of benzene rings is 2. The Morgan fingerprint density at radius 3 is 2.45 bits per heavy atom. The molecule has 0 aliphatic heterocycles. The molecule has 9 nitrogen and oxygen atoms in total. The van der Waals surface area contributed by atoms with E-state index in [0.717, 1.165) is 5.56 Å². The summed E-state index contributed by atoms with van der Waals surface area (Å²) in [5.74, 6) is 0.216. The van der Waals surface area contributed by atoms with Crippen molar-refractivity contribution in [2.75, 3.05) is 5.32 Å². The lowest BCUT2D eigenvalue weighted by Gasteiger charge is -2.11. The van der Waals surface area contributed by atoms with Crippen LogP contribution in [0.25, 0.3) is 6.08 Å². The first kappa shape index (κ1) is 20.2. The lowest BCUT2D eigenvalue weighted by molar-refractivity contribution is -0.112. The number of anilines is 1. The Morgan fingerprint density at radius 2 is 1.74 bits per heavy atom. The molecule has 2 heterocycles. The predicted octanol–water partition coefficient (Wildman–Crippen LogP) is 3.81. The van der Waals surface area contributed by atoms with Crippen molar-refractivity contribution in [3.05, 3.63) is 89.0 Å². The third-order valence-corrected chi connectivity index (χ3v) is 4.63. The van der Waals surface area contributed by atoms with E-state index in [0.29, 0.717) is 27.8 Å². The zero-order chi connectivity index (χ0) is 21.5. The Kier molecular flexibility index (Phi) is 6.24. The number of aromatic amines is 2. The van der Waals surface area contributed by atoms with Crippen molar-refractivity contribution in [3.63, 3.8) is 0 Å². The van der Waals surface area contributed by atoms with E-state index in [1.165, 1.54) is 12.7 Å². The van der Waals surface area contributed by atoms with Gasteiger partial charge < -0.3 is 0 Å². The van der Waals surface area contributed by atoms with Crippen LogP contribution in [-0.2, 0) is 4.79 Å². The number of halogens is 1. The molecule has 0 bridgehead atoms. The molecule has 0 spiro atoms. The molecule has 31 heavy (non-hydrogen) atoms. The van der Waals surface area contributed by atoms with Gasteiger partial charge in [-0.05, 0) is 23.3 Å². The van der Waals surface area contributed by atoms with E-state index in [4.69, 9.17) is 11.6 Å². The lowest BCUT2D eigenvalue weighted by Crippen LogP contribution is -2.18. The molecule has 0 aliphatic carbocycles.